The summed E-state index contributed by atoms with van der Waals surface area (Å²) in [6.45, 7) is 0.134. The molecule has 7 nitrogen and oxygen atoms in total. The van der Waals surface area contributed by atoms with Crippen LogP contribution in [-0.4, -0.2) is 34.0 Å². The Hall–Kier alpha value is -3.23. The Balaban J connectivity index is 1.45. The van der Waals surface area contributed by atoms with E-state index in [1.807, 2.05) is 24.3 Å². The van der Waals surface area contributed by atoms with Gasteiger partial charge in [0.2, 0.25) is 10.0 Å². The largest absolute Gasteiger partial charge is 0.465 e. The van der Waals surface area contributed by atoms with Crippen molar-refractivity contribution >= 4 is 32.7 Å². The minimum absolute atomic E-state index is 0.0203. The standard InChI is InChI=1S/C23H23NO6S/c1-29-23(26)20-9-4-6-17(14-20)16-30-22(25)10-5-13-24-31(27,28)21-12-11-18-7-2-3-8-19(18)15-21/h2-4,6-9,11-12,14-15,24H,5,10,13,16H2,1H3. The van der Waals surface area contributed by atoms with Crippen molar-refractivity contribution in [1.82, 2.24) is 4.72 Å². The summed E-state index contributed by atoms with van der Waals surface area (Å²) in [5, 5.41) is 1.80. The monoisotopic (exact) mass is 441 g/mol. The Bertz CT molecular complexity index is 1190. The van der Waals surface area contributed by atoms with Gasteiger partial charge in [-0.3, -0.25) is 4.79 Å². The number of methoxy groups -OCH3 is 1. The maximum Gasteiger partial charge on any atom is 0.337 e. The van der Waals surface area contributed by atoms with E-state index in [1.165, 1.54) is 7.11 Å². The van der Waals surface area contributed by atoms with Crippen LogP contribution < -0.4 is 4.72 Å². The molecular formula is C23H23NO6S. The van der Waals surface area contributed by atoms with Crippen molar-refractivity contribution in [2.75, 3.05) is 13.7 Å². The SMILES string of the molecule is COC(=O)c1cccc(COC(=O)CCCNS(=O)(=O)c2ccc3ccccc3c2)c1. The zero-order chi connectivity index (χ0) is 22.3. The van der Waals surface area contributed by atoms with Crippen LogP contribution in [0.2, 0.25) is 0 Å². The number of hydrogen-bond donors (Lipinski definition) is 1. The van der Waals surface area contributed by atoms with E-state index in [4.69, 9.17) is 4.74 Å². The van der Waals surface area contributed by atoms with E-state index in [9.17, 15) is 18.0 Å². The molecule has 0 aromatic heterocycles. The molecule has 162 valence electrons. The number of rotatable bonds is 9. The van der Waals surface area contributed by atoms with Gasteiger partial charge >= 0.3 is 11.9 Å². The fourth-order valence-electron chi connectivity index (χ4n) is 3.00. The Morgan fingerprint density at radius 3 is 2.48 bits per heavy atom. The smallest absolute Gasteiger partial charge is 0.337 e. The number of carbonyl (C=O) groups excluding carboxylic acids is 2. The summed E-state index contributed by atoms with van der Waals surface area (Å²) < 4.78 is 37.3. The number of benzene rings is 3. The third-order valence-electron chi connectivity index (χ3n) is 4.63. The van der Waals surface area contributed by atoms with Crippen molar-refractivity contribution in [3.63, 3.8) is 0 Å². The molecule has 0 aliphatic carbocycles. The predicted octanol–water partition coefficient (Wildman–Crippen LogP) is 3.43. The van der Waals surface area contributed by atoms with Crippen LogP contribution in [0.1, 0.15) is 28.8 Å². The van der Waals surface area contributed by atoms with E-state index in [1.54, 1.807) is 42.5 Å². The highest BCUT2D eigenvalue weighted by Gasteiger charge is 2.14. The van der Waals surface area contributed by atoms with Gasteiger partial charge in [0.05, 0.1) is 17.6 Å². The van der Waals surface area contributed by atoms with Crippen LogP contribution in [0.5, 0.6) is 0 Å². The summed E-state index contributed by atoms with van der Waals surface area (Å²) >= 11 is 0. The zero-order valence-electron chi connectivity index (χ0n) is 17.0. The van der Waals surface area contributed by atoms with Gasteiger partial charge in [-0.05, 0) is 47.0 Å². The van der Waals surface area contributed by atoms with Gasteiger partial charge in [-0.25, -0.2) is 17.9 Å². The topological polar surface area (TPSA) is 98.8 Å². The average Bonchev–Trinajstić information content (AvgIpc) is 2.79. The van der Waals surface area contributed by atoms with Crippen LogP contribution in [0.4, 0.5) is 0 Å². The van der Waals surface area contributed by atoms with E-state index in [-0.39, 0.29) is 24.5 Å². The number of esters is 2. The van der Waals surface area contributed by atoms with E-state index in [0.717, 1.165) is 10.8 Å². The van der Waals surface area contributed by atoms with Crippen LogP contribution >= 0.6 is 0 Å². The lowest BCUT2D eigenvalue weighted by Crippen LogP contribution is -2.25. The second kappa shape index (κ2) is 10.2. The van der Waals surface area contributed by atoms with Crippen molar-refractivity contribution < 1.29 is 27.5 Å². The molecule has 1 N–H and O–H groups in total. The molecule has 0 amide bonds. The van der Waals surface area contributed by atoms with Crippen molar-refractivity contribution in [3.8, 4) is 0 Å². The van der Waals surface area contributed by atoms with Crippen molar-refractivity contribution in [2.45, 2.75) is 24.3 Å². The third kappa shape index (κ3) is 6.13. The highest BCUT2D eigenvalue weighted by atomic mass is 32.2. The van der Waals surface area contributed by atoms with Crippen LogP contribution in [0.15, 0.2) is 71.6 Å². The summed E-state index contributed by atoms with van der Waals surface area (Å²) in [6, 6.07) is 19.1. The molecule has 0 unspecified atom stereocenters. The molecule has 3 aromatic rings. The first kappa shape index (κ1) is 22.5. The van der Waals surface area contributed by atoms with Crippen LogP contribution in [0.3, 0.4) is 0 Å². The molecule has 31 heavy (non-hydrogen) atoms. The average molecular weight is 442 g/mol. The summed E-state index contributed by atoms with van der Waals surface area (Å²) in [5.41, 5.74) is 1.03. The molecule has 0 saturated carbocycles. The third-order valence-corrected chi connectivity index (χ3v) is 6.09. The fourth-order valence-corrected chi connectivity index (χ4v) is 4.11. The van der Waals surface area contributed by atoms with Gasteiger partial charge < -0.3 is 9.47 Å². The van der Waals surface area contributed by atoms with Gasteiger partial charge in [-0.15, -0.1) is 0 Å². The van der Waals surface area contributed by atoms with Crippen molar-refractivity contribution in [1.29, 1.82) is 0 Å². The Kier molecular flexibility index (Phi) is 7.38. The first-order chi connectivity index (χ1) is 14.9. The molecule has 0 aliphatic rings. The van der Waals surface area contributed by atoms with Crippen LogP contribution in [0, 0.1) is 0 Å². The lowest BCUT2D eigenvalue weighted by molar-refractivity contribution is -0.145. The predicted molar refractivity (Wildman–Crippen MR) is 116 cm³/mol. The van der Waals surface area contributed by atoms with Crippen molar-refractivity contribution in [2.24, 2.45) is 0 Å². The van der Waals surface area contributed by atoms with Gasteiger partial charge in [0.25, 0.3) is 0 Å². The highest BCUT2D eigenvalue weighted by Crippen LogP contribution is 2.18. The number of carbonyl (C=O) groups is 2. The molecule has 0 aliphatic heterocycles. The molecule has 0 radical (unpaired) electrons. The minimum Gasteiger partial charge on any atom is -0.465 e. The molecule has 0 atom stereocenters. The summed E-state index contributed by atoms with van der Waals surface area (Å²) in [6.07, 6.45) is 0.366. The Morgan fingerprint density at radius 2 is 1.71 bits per heavy atom. The summed E-state index contributed by atoms with van der Waals surface area (Å²) in [5.74, 6) is -0.916. The number of sulfonamides is 1. The fraction of sp³-hybridized carbons (Fsp3) is 0.217. The minimum atomic E-state index is -3.67. The van der Waals surface area contributed by atoms with Gasteiger partial charge in [-0.1, -0.05) is 42.5 Å². The van der Waals surface area contributed by atoms with E-state index < -0.39 is 22.0 Å². The molecule has 0 bridgehead atoms. The van der Waals surface area contributed by atoms with Gasteiger partial charge in [-0.2, -0.15) is 0 Å². The lowest BCUT2D eigenvalue weighted by Gasteiger charge is -2.09. The first-order valence-electron chi connectivity index (χ1n) is 9.70. The van der Waals surface area contributed by atoms with E-state index in [0.29, 0.717) is 17.5 Å². The molecule has 0 heterocycles. The van der Waals surface area contributed by atoms with Gasteiger partial charge in [0, 0.05) is 13.0 Å². The molecule has 3 rings (SSSR count). The number of hydrogen-bond acceptors (Lipinski definition) is 6. The molecule has 0 fully saturated rings. The first-order valence-corrected chi connectivity index (χ1v) is 11.2. The molecule has 8 heteroatoms. The summed E-state index contributed by atoms with van der Waals surface area (Å²) in [7, 11) is -2.37. The summed E-state index contributed by atoms with van der Waals surface area (Å²) in [4.78, 5) is 23.7. The van der Waals surface area contributed by atoms with Crippen LogP contribution in [0.25, 0.3) is 10.8 Å². The second-order valence-electron chi connectivity index (χ2n) is 6.86. The molecule has 3 aromatic carbocycles. The molecular weight excluding hydrogens is 418 g/mol. The van der Waals surface area contributed by atoms with Gasteiger partial charge in [0.1, 0.15) is 6.61 Å². The maximum atomic E-state index is 12.5. The van der Waals surface area contributed by atoms with Gasteiger partial charge in [0.15, 0.2) is 0 Å². The zero-order valence-corrected chi connectivity index (χ0v) is 17.9. The van der Waals surface area contributed by atoms with Crippen LogP contribution in [-0.2, 0) is 30.9 Å². The number of nitrogens with one attached hydrogen (secondary N) is 1. The Morgan fingerprint density at radius 1 is 0.935 bits per heavy atom. The molecule has 0 saturated heterocycles. The second-order valence-corrected chi connectivity index (χ2v) is 8.63. The van der Waals surface area contributed by atoms with Crippen molar-refractivity contribution in [3.05, 3.63) is 77.9 Å². The quantitative estimate of drug-likeness (QED) is 0.404. The van der Waals surface area contributed by atoms with E-state index >= 15 is 0 Å². The number of ether oxygens (including phenoxy) is 2. The van der Waals surface area contributed by atoms with E-state index in [2.05, 4.69) is 9.46 Å². The maximum absolute atomic E-state index is 12.5. The molecule has 0 spiro atoms. The Labute approximate surface area is 181 Å². The number of fused-ring (bicyclic) bond motifs is 1. The highest BCUT2D eigenvalue weighted by molar-refractivity contribution is 7.89. The lowest BCUT2D eigenvalue weighted by atomic mass is 10.1. The normalized spacial score (nSPS) is 11.3.